The van der Waals surface area contributed by atoms with Gasteiger partial charge >= 0.3 is 0 Å². The maximum atomic E-state index is 12.3. The molecule has 25 heavy (non-hydrogen) atoms. The highest BCUT2D eigenvalue weighted by molar-refractivity contribution is 14.1. The van der Waals surface area contributed by atoms with Crippen LogP contribution in [0.4, 0.5) is 5.69 Å². The van der Waals surface area contributed by atoms with Gasteiger partial charge < -0.3 is 14.8 Å². The summed E-state index contributed by atoms with van der Waals surface area (Å²) in [6.07, 6.45) is 0. The van der Waals surface area contributed by atoms with Crippen molar-refractivity contribution in [2.24, 2.45) is 0 Å². The minimum atomic E-state index is -0.299. The van der Waals surface area contributed by atoms with Crippen LogP contribution in [0, 0.1) is 3.57 Å². The minimum Gasteiger partial charge on any atom is -0.490 e. The average molecular weight is 535 g/mol. The summed E-state index contributed by atoms with van der Waals surface area (Å²) in [5.41, 5.74) is 1.28. The molecule has 1 amide bonds. The molecule has 0 bridgehead atoms. The van der Waals surface area contributed by atoms with Crippen LogP contribution in [0.15, 0.2) is 46.9 Å². The Hall–Kier alpha value is -1.23. The molecule has 0 atom stereocenters. The fraction of sp³-hybridized carbons (Fsp3) is 0.176. The molecule has 0 radical (unpaired) electrons. The molecule has 2 aromatic carbocycles. The van der Waals surface area contributed by atoms with E-state index in [4.69, 9.17) is 21.7 Å². The zero-order valence-corrected chi connectivity index (χ0v) is 17.9. The maximum absolute atomic E-state index is 12.3. The summed E-state index contributed by atoms with van der Waals surface area (Å²) in [6.45, 7) is 0.928. The van der Waals surface area contributed by atoms with Gasteiger partial charge in [-0.1, -0.05) is 0 Å². The molecule has 0 saturated carbocycles. The molecule has 5 nitrogen and oxygen atoms in total. The van der Waals surface area contributed by atoms with Gasteiger partial charge in [-0.2, -0.15) is 0 Å². The first-order chi connectivity index (χ1) is 12.0. The number of carbonyl (C=O) groups excluding carboxylic acids is 1. The van der Waals surface area contributed by atoms with Crippen molar-refractivity contribution >= 4 is 67.4 Å². The molecule has 0 aliphatic carbocycles. The summed E-state index contributed by atoms with van der Waals surface area (Å²) in [4.78, 5) is 12.3. The lowest BCUT2D eigenvalue weighted by atomic mass is 10.2. The molecule has 0 fully saturated rings. The van der Waals surface area contributed by atoms with Crippen LogP contribution in [0.5, 0.6) is 5.75 Å². The highest BCUT2D eigenvalue weighted by Crippen LogP contribution is 2.26. The van der Waals surface area contributed by atoms with Crippen molar-refractivity contribution in [3.05, 3.63) is 56.1 Å². The second-order valence-electron chi connectivity index (χ2n) is 4.90. The third-order valence-electron chi connectivity index (χ3n) is 3.07. The van der Waals surface area contributed by atoms with E-state index in [0.717, 1.165) is 9.26 Å². The first kappa shape index (κ1) is 20.1. The van der Waals surface area contributed by atoms with Crippen LogP contribution in [-0.2, 0) is 4.74 Å². The predicted molar refractivity (Wildman–Crippen MR) is 114 cm³/mol. The molecule has 0 aliphatic rings. The molecule has 0 aliphatic heterocycles. The summed E-state index contributed by atoms with van der Waals surface area (Å²) in [5.74, 6) is 0.348. The van der Waals surface area contributed by atoms with E-state index in [2.05, 4.69) is 49.2 Å². The normalized spacial score (nSPS) is 10.2. The third-order valence-corrected chi connectivity index (χ3v) is 4.61. The molecule has 2 aromatic rings. The lowest BCUT2D eigenvalue weighted by Crippen LogP contribution is -2.34. The summed E-state index contributed by atoms with van der Waals surface area (Å²) in [5, 5.41) is 5.87. The van der Waals surface area contributed by atoms with Crippen LogP contribution in [0.3, 0.4) is 0 Å². The number of methoxy groups -OCH3 is 1. The Morgan fingerprint density at radius 3 is 2.56 bits per heavy atom. The topological polar surface area (TPSA) is 59.6 Å². The Labute approximate surface area is 173 Å². The van der Waals surface area contributed by atoms with E-state index in [1.165, 1.54) is 0 Å². The van der Waals surface area contributed by atoms with Crippen LogP contribution in [0.25, 0.3) is 0 Å². The standard InChI is InChI=1S/C17H16BrIN2O3S/c1-23-8-9-24-15-7-2-11(10-14(15)18)16(22)21-17(25)20-13-5-3-12(19)4-6-13/h2-7,10H,8-9H2,1H3,(H2,20,21,22,25). The van der Waals surface area contributed by atoms with Crippen LogP contribution in [-0.4, -0.2) is 31.3 Å². The van der Waals surface area contributed by atoms with Crippen molar-refractivity contribution in [3.63, 3.8) is 0 Å². The van der Waals surface area contributed by atoms with Gasteiger partial charge in [0.25, 0.3) is 5.91 Å². The van der Waals surface area contributed by atoms with E-state index in [9.17, 15) is 4.79 Å². The highest BCUT2D eigenvalue weighted by Gasteiger charge is 2.11. The van der Waals surface area contributed by atoms with Gasteiger partial charge in [-0.3, -0.25) is 10.1 Å². The van der Waals surface area contributed by atoms with Gasteiger partial charge in [-0.15, -0.1) is 0 Å². The molecule has 0 spiro atoms. The molecular formula is C17H16BrIN2O3S. The molecular weight excluding hydrogens is 519 g/mol. The van der Waals surface area contributed by atoms with Gasteiger partial charge in [0.15, 0.2) is 5.11 Å². The van der Waals surface area contributed by atoms with Crippen LogP contribution in [0.2, 0.25) is 0 Å². The number of carbonyl (C=O) groups is 1. The van der Waals surface area contributed by atoms with Gasteiger partial charge in [-0.05, 0) is 93.2 Å². The van der Waals surface area contributed by atoms with E-state index in [1.807, 2.05) is 24.3 Å². The SMILES string of the molecule is COCCOc1ccc(C(=O)NC(=S)Nc2ccc(I)cc2)cc1Br. The molecule has 8 heteroatoms. The molecule has 2 rings (SSSR count). The lowest BCUT2D eigenvalue weighted by molar-refractivity contribution is 0.0977. The Bertz CT molecular complexity index is 756. The molecule has 132 valence electrons. The van der Waals surface area contributed by atoms with Gasteiger partial charge in [0.2, 0.25) is 0 Å². The van der Waals surface area contributed by atoms with E-state index in [-0.39, 0.29) is 11.0 Å². The number of thiocarbonyl (C=S) groups is 1. The van der Waals surface area contributed by atoms with Crippen molar-refractivity contribution in [1.82, 2.24) is 5.32 Å². The van der Waals surface area contributed by atoms with E-state index in [1.54, 1.807) is 25.3 Å². The number of benzene rings is 2. The monoisotopic (exact) mass is 534 g/mol. The smallest absolute Gasteiger partial charge is 0.257 e. The molecule has 2 N–H and O–H groups in total. The fourth-order valence-electron chi connectivity index (χ4n) is 1.86. The molecule has 0 saturated heterocycles. The zero-order chi connectivity index (χ0) is 18.2. The minimum absolute atomic E-state index is 0.239. The predicted octanol–water partition coefficient (Wildman–Crippen LogP) is 4.21. The van der Waals surface area contributed by atoms with E-state index >= 15 is 0 Å². The number of rotatable bonds is 6. The second kappa shape index (κ2) is 10.0. The summed E-state index contributed by atoms with van der Waals surface area (Å²) >= 11 is 10.8. The Kier molecular flexibility index (Phi) is 8.07. The first-order valence-electron chi connectivity index (χ1n) is 7.29. The zero-order valence-electron chi connectivity index (χ0n) is 13.3. The fourth-order valence-corrected chi connectivity index (χ4v) is 2.93. The molecule has 0 heterocycles. The van der Waals surface area contributed by atoms with E-state index in [0.29, 0.717) is 29.0 Å². The van der Waals surface area contributed by atoms with Crippen LogP contribution in [0.1, 0.15) is 10.4 Å². The van der Waals surface area contributed by atoms with Gasteiger partial charge in [0.1, 0.15) is 12.4 Å². The molecule has 0 aromatic heterocycles. The van der Waals surface area contributed by atoms with Gasteiger partial charge in [0.05, 0.1) is 11.1 Å². The Morgan fingerprint density at radius 2 is 1.92 bits per heavy atom. The van der Waals surface area contributed by atoms with Crippen LogP contribution < -0.4 is 15.4 Å². The third kappa shape index (κ3) is 6.53. The average Bonchev–Trinajstić information content (AvgIpc) is 2.58. The number of ether oxygens (including phenoxy) is 2. The molecule has 0 unspecified atom stereocenters. The second-order valence-corrected chi connectivity index (χ2v) is 7.41. The van der Waals surface area contributed by atoms with Gasteiger partial charge in [-0.25, -0.2) is 0 Å². The van der Waals surface area contributed by atoms with Crippen LogP contribution >= 0.6 is 50.7 Å². The number of hydrogen-bond acceptors (Lipinski definition) is 4. The van der Waals surface area contributed by atoms with Crippen molar-refractivity contribution < 1.29 is 14.3 Å². The van der Waals surface area contributed by atoms with Crippen molar-refractivity contribution in [3.8, 4) is 5.75 Å². The Balaban J connectivity index is 1.94. The lowest BCUT2D eigenvalue weighted by Gasteiger charge is -2.11. The summed E-state index contributed by atoms with van der Waals surface area (Å²) < 4.78 is 12.3. The number of hydrogen-bond donors (Lipinski definition) is 2. The Morgan fingerprint density at radius 1 is 1.20 bits per heavy atom. The summed E-state index contributed by atoms with van der Waals surface area (Å²) in [7, 11) is 1.61. The van der Waals surface area contributed by atoms with Crippen molar-refractivity contribution in [2.45, 2.75) is 0 Å². The maximum Gasteiger partial charge on any atom is 0.257 e. The number of nitrogens with one attached hydrogen (secondary N) is 2. The summed E-state index contributed by atoms with van der Waals surface area (Å²) in [6, 6.07) is 12.8. The quantitative estimate of drug-likeness (QED) is 0.330. The number of anilines is 1. The number of amides is 1. The highest BCUT2D eigenvalue weighted by atomic mass is 127. The van der Waals surface area contributed by atoms with Gasteiger partial charge in [0, 0.05) is 21.9 Å². The van der Waals surface area contributed by atoms with Crippen molar-refractivity contribution in [1.29, 1.82) is 0 Å². The first-order valence-corrected chi connectivity index (χ1v) is 9.57. The largest absolute Gasteiger partial charge is 0.490 e. The number of halogens is 2. The van der Waals surface area contributed by atoms with E-state index < -0.39 is 0 Å². The van der Waals surface area contributed by atoms with Crippen molar-refractivity contribution in [2.75, 3.05) is 25.6 Å².